The maximum Gasteiger partial charge on any atom is 0.216 e. The molecule has 2 aromatic rings. The van der Waals surface area contributed by atoms with Crippen LogP contribution in [0.15, 0.2) is 38.4 Å². The van der Waals surface area contributed by atoms with E-state index < -0.39 is 0 Å². The molecule has 2 heterocycles. The molecule has 0 saturated heterocycles. The summed E-state index contributed by atoms with van der Waals surface area (Å²) in [6, 6.07) is 3.88. The Morgan fingerprint density at radius 2 is 2.04 bits per heavy atom. The Kier molecular flexibility index (Phi) is 7.10. The van der Waals surface area contributed by atoms with Crippen LogP contribution >= 0.6 is 0 Å². The van der Waals surface area contributed by atoms with Crippen LogP contribution in [0.2, 0.25) is 0 Å². The monoisotopic (exact) mass is 346 g/mol. The summed E-state index contributed by atoms with van der Waals surface area (Å²) in [4.78, 5) is 8.92. The van der Waals surface area contributed by atoms with Gasteiger partial charge in [-0.2, -0.15) is 0 Å². The van der Waals surface area contributed by atoms with Crippen LogP contribution < -0.4 is 10.6 Å². The first-order valence-corrected chi connectivity index (χ1v) is 8.99. The van der Waals surface area contributed by atoms with Crippen molar-refractivity contribution in [1.29, 1.82) is 0 Å². The van der Waals surface area contributed by atoms with Gasteiger partial charge >= 0.3 is 0 Å². The van der Waals surface area contributed by atoms with Crippen molar-refractivity contribution in [1.82, 2.24) is 15.6 Å². The highest BCUT2D eigenvalue weighted by Crippen LogP contribution is 2.22. The Hall–Kier alpha value is -2.24. The molecule has 0 aliphatic heterocycles. The normalized spacial score (nSPS) is 12.4. The molecule has 25 heavy (non-hydrogen) atoms. The van der Waals surface area contributed by atoms with Gasteiger partial charge in [0.15, 0.2) is 5.96 Å². The molecule has 0 saturated carbocycles. The number of aliphatic imine (C=N–C) groups is 1. The summed E-state index contributed by atoms with van der Waals surface area (Å²) in [6.45, 7) is 10.5. The Labute approximate surface area is 150 Å². The van der Waals surface area contributed by atoms with E-state index >= 15 is 0 Å². The largest absolute Gasteiger partial charge is 0.469 e. The van der Waals surface area contributed by atoms with Gasteiger partial charge in [-0.25, -0.2) is 9.98 Å². The minimum Gasteiger partial charge on any atom is -0.469 e. The van der Waals surface area contributed by atoms with Crippen LogP contribution in [0.1, 0.15) is 57.9 Å². The first-order chi connectivity index (χ1) is 12.0. The van der Waals surface area contributed by atoms with E-state index in [0.717, 1.165) is 49.8 Å². The molecule has 0 amide bonds. The minimum atomic E-state index is -0.0432. The van der Waals surface area contributed by atoms with Gasteiger partial charge in [0.05, 0.1) is 12.5 Å². The maximum atomic E-state index is 5.80. The van der Waals surface area contributed by atoms with E-state index in [-0.39, 0.29) is 5.41 Å². The molecule has 6 heteroatoms. The number of nitrogens with one attached hydrogen (secondary N) is 2. The Morgan fingerprint density at radius 1 is 1.24 bits per heavy atom. The molecule has 6 nitrogen and oxygen atoms in total. The van der Waals surface area contributed by atoms with Crippen LogP contribution in [0.4, 0.5) is 0 Å². The number of guanidine groups is 1. The molecule has 138 valence electrons. The molecule has 0 spiro atoms. The molecule has 2 rings (SSSR count). The predicted octanol–water partition coefficient (Wildman–Crippen LogP) is 3.64. The fourth-order valence-electron chi connectivity index (χ4n) is 2.19. The zero-order chi connectivity index (χ0) is 18.1. The third-order valence-corrected chi connectivity index (χ3v) is 3.73. The van der Waals surface area contributed by atoms with E-state index in [1.165, 1.54) is 0 Å². The van der Waals surface area contributed by atoms with Crippen molar-refractivity contribution in [2.75, 3.05) is 13.1 Å². The smallest absolute Gasteiger partial charge is 0.216 e. The van der Waals surface area contributed by atoms with E-state index in [0.29, 0.717) is 12.4 Å². The van der Waals surface area contributed by atoms with E-state index in [9.17, 15) is 0 Å². The summed E-state index contributed by atoms with van der Waals surface area (Å²) >= 11 is 0. The summed E-state index contributed by atoms with van der Waals surface area (Å²) in [5, 5.41) is 6.68. The van der Waals surface area contributed by atoms with Gasteiger partial charge < -0.3 is 19.5 Å². The highest BCUT2D eigenvalue weighted by Gasteiger charge is 2.19. The van der Waals surface area contributed by atoms with Gasteiger partial charge in [-0.05, 0) is 18.6 Å². The van der Waals surface area contributed by atoms with Gasteiger partial charge in [0, 0.05) is 24.9 Å². The first kappa shape index (κ1) is 19.1. The van der Waals surface area contributed by atoms with Gasteiger partial charge in [0.2, 0.25) is 5.89 Å². The van der Waals surface area contributed by atoms with Crippen molar-refractivity contribution in [3.05, 3.63) is 42.0 Å². The van der Waals surface area contributed by atoms with E-state index in [1.807, 2.05) is 12.1 Å². The molecule has 0 atom stereocenters. The molecule has 0 aromatic carbocycles. The van der Waals surface area contributed by atoms with Crippen molar-refractivity contribution < 1.29 is 8.83 Å². The summed E-state index contributed by atoms with van der Waals surface area (Å²) in [5.41, 5.74) is -0.0432. The molecule has 0 bridgehead atoms. The molecule has 0 aliphatic rings. The van der Waals surface area contributed by atoms with Gasteiger partial charge in [0.25, 0.3) is 0 Å². The van der Waals surface area contributed by atoms with Gasteiger partial charge in [-0.15, -0.1) is 0 Å². The second-order valence-corrected chi connectivity index (χ2v) is 7.07. The highest BCUT2D eigenvalue weighted by atomic mass is 16.4. The average Bonchev–Trinajstić information content (AvgIpc) is 3.23. The summed E-state index contributed by atoms with van der Waals surface area (Å²) in [6.07, 6.45) is 6.54. The molecule has 2 N–H and O–H groups in total. The fourth-order valence-corrected chi connectivity index (χ4v) is 2.19. The predicted molar refractivity (Wildman–Crippen MR) is 99.7 cm³/mol. The first-order valence-electron chi connectivity index (χ1n) is 8.99. The minimum absolute atomic E-state index is 0.0432. The maximum absolute atomic E-state index is 5.80. The molecule has 0 unspecified atom stereocenters. The Balaban J connectivity index is 1.90. The van der Waals surface area contributed by atoms with Crippen molar-refractivity contribution in [3.8, 4) is 0 Å². The quantitative estimate of drug-likeness (QED) is 0.433. The van der Waals surface area contributed by atoms with Crippen molar-refractivity contribution in [2.24, 2.45) is 4.99 Å². The molecule has 0 radical (unpaired) electrons. The lowest BCUT2D eigenvalue weighted by Gasteiger charge is -2.13. The van der Waals surface area contributed by atoms with Crippen LogP contribution in [0.5, 0.6) is 0 Å². The molecule has 0 fully saturated rings. The summed E-state index contributed by atoms with van der Waals surface area (Å²) in [5.74, 6) is 3.25. The summed E-state index contributed by atoms with van der Waals surface area (Å²) < 4.78 is 11.2. The van der Waals surface area contributed by atoms with Crippen molar-refractivity contribution >= 4 is 5.96 Å². The number of aromatic nitrogens is 1. The van der Waals surface area contributed by atoms with E-state index in [4.69, 9.17) is 8.83 Å². The lowest BCUT2D eigenvalue weighted by atomic mass is 9.94. The fraction of sp³-hybridized carbons (Fsp3) is 0.579. The van der Waals surface area contributed by atoms with Gasteiger partial charge in [-0.3, -0.25) is 0 Å². The van der Waals surface area contributed by atoms with Crippen molar-refractivity contribution in [3.63, 3.8) is 0 Å². The lowest BCUT2D eigenvalue weighted by Crippen LogP contribution is -2.38. The third kappa shape index (κ3) is 6.64. The second kappa shape index (κ2) is 9.30. The molecular weight excluding hydrogens is 316 g/mol. The number of nitrogens with zero attached hydrogens (tertiary/aromatic N) is 2. The number of hydrogen-bond acceptors (Lipinski definition) is 4. The van der Waals surface area contributed by atoms with E-state index in [2.05, 4.69) is 48.3 Å². The number of furan rings is 1. The van der Waals surface area contributed by atoms with Crippen LogP contribution in [-0.2, 0) is 18.4 Å². The zero-order valence-electron chi connectivity index (χ0n) is 15.8. The topological polar surface area (TPSA) is 75.6 Å². The van der Waals surface area contributed by atoms with Gasteiger partial charge in [0.1, 0.15) is 18.1 Å². The summed E-state index contributed by atoms with van der Waals surface area (Å²) in [7, 11) is 0. The highest BCUT2D eigenvalue weighted by molar-refractivity contribution is 5.79. The van der Waals surface area contributed by atoms with Crippen molar-refractivity contribution in [2.45, 2.75) is 58.9 Å². The Morgan fingerprint density at radius 3 is 2.68 bits per heavy atom. The number of hydrogen-bond donors (Lipinski definition) is 2. The van der Waals surface area contributed by atoms with Crippen LogP contribution in [0, 0.1) is 0 Å². The lowest BCUT2D eigenvalue weighted by molar-refractivity contribution is 0.383. The Bertz CT molecular complexity index is 639. The average molecular weight is 346 g/mol. The number of rotatable bonds is 8. The number of oxazole rings is 1. The SMILES string of the molecule is CCCCNC(=NCc1ncc(C(C)(C)C)o1)NCCc1ccco1. The van der Waals surface area contributed by atoms with Gasteiger partial charge in [-0.1, -0.05) is 34.1 Å². The van der Waals surface area contributed by atoms with Crippen LogP contribution in [0.3, 0.4) is 0 Å². The van der Waals surface area contributed by atoms with Crippen LogP contribution in [0.25, 0.3) is 0 Å². The zero-order valence-corrected chi connectivity index (χ0v) is 15.8. The molecular formula is C19H30N4O2. The molecule has 2 aromatic heterocycles. The second-order valence-electron chi connectivity index (χ2n) is 7.07. The van der Waals surface area contributed by atoms with E-state index in [1.54, 1.807) is 12.5 Å². The standard InChI is InChI=1S/C19H30N4O2/c1-5-6-10-20-18(21-11-9-15-8-7-12-24-15)23-14-17-22-13-16(25-17)19(2,3)4/h7-8,12-13H,5-6,9-11,14H2,1-4H3,(H2,20,21,23). The molecule has 0 aliphatic carbocycles. The third-order valence-electron chi connectivity index (χ3n) is 3.73. The number of unbranched alkanes of at least 4 members (excludes halogenated alkanes) is 1. The van der Waals surface area contributed by atoms with Crippen LogP contribution in [-0.4, -0.2) is 24.0 Å².